The predicted octanol–water partition coefficient (Wildman–Crippen LogP) is 4.65. The highest BCUT2D eigenvalue weighted by molar-refractivity contribution is 7.17. The Hall–Kier alpha value is -3.12. The molecule has 0 saturated carbocycles. The number of nitrogens with one attached hydrogen (secondary N) is 2. The van der Waals surface area contributed by atoms with Crippen molar-refractivity contribution in [2.75, 3.05) is 12.4 Å². The Morgan fingerprint density at radius 1 is 1.15 bits per heavy atom. The molecule has 0 radical (unpaired) electrons. The molecule has 0 unspecified atom stereocenters. The highest BCUT2D eigenvalue weighted by Gasteiger charge is 2.22. The Kier molecular flexibility index (Phi) is 3.72. The third kappa shape index (κ3) is 2.78. The number of methoxy groups -OCH3 is 1. The smallest absolute Gasteiger partial charge is 0.268 e. The molecule has 27 heavy (non-hydrogen) atoms. The number of hydrogen-bond donors (Lipinski definition) is 2. The lowest BCUT2D eigenvalue weighted by molar-refractivity contribution is 0.103. The van der Waals surface area contributed by atoms with Crippen LogP contribution >= 0.6 is 11.3 Å². The van der Waals surface area contributed by atoms with Gasteiger partial charge in [-0.1, -0.05) is 12.1 Å². The van der Waals surface area contributed by atoms with Gasteiger partial charge in [-0.2, -0.15) is 0 Å². The zero-order chi connectivity index (χ0) is 18.4. The van der Waals surface area contributed by atoms with Gasteiger partial charge in [-0.25, -0.2) is 4.98 Å². The summed E-state index contributed by atoms with van der Waals surface area (Å²) in [6, 6.07) is 15.9. The van der Waals surface area contributed by atoms with Gasteiger partial charge >= 0.3 is 0 Å². The van der Waals surface area contributed by atoms with Crippen molar-refractivity contribution in [3.05, 3.63) is 64.5 Å². The van der Waals surface area contributed by atoms with Gasteiger partial charge < -0.3 is 9.72 Å². The molecule has 0 atom stereocenters. The van der Waals surface area contributed by atoms with Gasteiger partial charge in [0, 0.05) is 4.88 Å². The molecule has 6 heteroatoms. The van der Waals surface area contributed by atoms with E-state index in [4.69, 9.17) is 4.74 Å². The van der Waals surface area contributed by atoms with E-state index in [9.17, 15) is 4.79 Å². The van der Waals surface area contributed by atoms with E-state index in [2.05, 4.69) is 27.4 Å². The summed E-state index contributed by atoms with van der Waals surface area (Å²) in [6.45, 7) is 0. The lowest BCUT2D eigenvalue weighted by atomic mass is 9.91. The molecular weight excluding hydrogens is 358 g/mol. The van der Waals surface area contributed by atoms with Crippen molar-refractivity contribution in [3.8, 4) is 16.2 Å². The van der Waals surface area contributed by atoms with E-state index in [1.54, 1.807) is 7.11 Å². The van der Waals surface area contributed by atoms with Crippen molar-refractivity contribution < 1.29 is 9.53 Å². The van der Waals surface area contributed by atoms with Crippen LogP contribution in [0, 0.1) is 0 Å². The number of amides is 1. The lowest BCUT2D eigenvalue weighted by Crippen LogP contribution is -2.11. The van der Waals surface area contributed by atoms with E-state index in [0.29, 0.717) is 10.8 Å². The topological polar surface area (TPSA) is 67.0 Å². The number of imidazole rings is 1. The number of rotatable bonds is 3. The fourth-order valence-electron chi connectivity index (χ4n) is 3.53. The molecule has 1 aliphatic carbocycles. The first-order valence-electron chi connectivity index (χ1n) is 8.77. The third-order valence-electron chi connectivity index (χ3n) is 4.87. The summed E-state index contributed by atoms with van der Waals surface area (Å²) in [5, 5.41) is 2.88. The number of anilines is 1. The number of aromatic nitrogens is 2. The average molecular weight is 375 g/mol. The maximum atomic E-state index is 12.7. The molecule has 0 bridgehead atoms. The minimum atomic E-state index is -0.136. The van der Waals surface area contributed by atoms with Crippen LogP contribution in [0.4, 0.5) is 5.95 Å². The summed E-state index contributed by atoms with van der Waals surface area (Å²) in [5.41, 5.74) is 5.44. The molecule has 5 nitrogen and oxygen atoms in total. The fourth-order valence-corrected chi connectivity index (χ4v) is 4.70. The number of para-hydroxylation sites is 2. The number of H-pyrrole nitrogens is 1. The maximum absolute atomic E-state index is 12.7. The summed E-state index contributed by atoms with van der Waals surface area (Å²) < 4.78 is 5.33. The van der Waals surface area contributed by atoms with Gasteiger partial charge in [0.05, 0.1) is 23.0 Å². The molecule has 134 valence electrons. The molecule has 5 rings (SSSR count). The number of nitrogens with zero attached hydrogens (tertiary/aromatic N) is 1. The lowest BCUT2D eigenvalue weighted by Gasteiger charge is -2.16. The van der Waals surface area contributed by atoms with Gasteiger partial charge in [-0.05, 0) is 65.9 Å². The van der Waals surface area contributed by atoms with Crippen molar-refractivity contribution in [3.63, 3.8) is 0 Å². The number of thiophene rings is 1. The zero-order valence-corrected chi connectivity index (χ0v) is 15.5. The van der Waals surface area contributed by atoms with Crippen LogP contribution in [0.15, 0.2) is 48.5 Å². The van der Waals surface area contributed by atoms with E-state index in [1.165, 1.54) is 32.9 Å². The number of aryl methyl sites for hydroxylation is 2. The number of aromatic amines is 1. The molecule has 0 aliphatic heterocycles. The molecule has 1 aliphatic rings. The van der Waals surface area contributed by atoms with Gasteiger partial charge in [-0.15, -0.1) is 11.3 Å². The van der Waals surface area contributed by atoms with E-state index in [-0.39, 0.29) is 5.91 Å². The van der Waals surface area contributed by atoms with Crippen molar-refractivity contribution in [2.24, 2.45) is 0 Å². The molecule has 2 N–H and O–H groups in total. The summed E-state index contributed by atoms with van der Waals surface area (Å²) in [5.74, 6) is 1.21. The van der Waals surface area contributed by atoms with Gasteiger partial charge in [-0.3, -0.25) is 10.1 Å². The van der Waals surface area contributed by atoms with Gasteiger partial charge in [0.15, 0.2) is 0 Å². The van der Waals surface area contributed by atoms with Crippen LogP contribution in [-0.4, -0.2) is 23.0 Å². The number of ether oxygens (including phenoxy) is 1. The average Bonchev–Trinajstić information content (AvgIpc) is 3.31. The van der Waals surface area contributed by atoms with E-state index >= 15 is 0 Å². The second-order valence-electron chi connectivity index (χ2n) is 6.54. The second kappa shape index (κ2) is 6.25. The molecule has 4 aromatic rings. The molecular formula is C21H17N3O2S. The third-order valence-corrected chi connectivity index (χ3v) is 6.08. The minimum Gasteiger partial charge on any atom is -0.497 e. The SMILES string of the molecule is COc1ccc2c(c1)CCc1cc(C(=O)Nc3nc4ccccc4[nH]3)sc1-2. The maximum Gasteiger partial charge on any atom is 0.268 e. The molecule has 0 fully saturated rings. The predicted molar refractivity (Wildman–Crippen MR) is 108 cm³/mol. The number of carbonyl (C=O) groups is 1. The first-order valence-corrected chi connectivity index (χ1v) is 9.59. The number of benzene rings is 2. The van der Waals surface area contributed by atoms with E-state index in [0.717, 1.165) is 29.6 Å². The fraction of sp³-hybridized carbons (Fsp3) is 0.143. The van der Waals surface area contributed by atoms with Crippen molar-refractivity contribution in [1.82, 2.24) is 9.97 Å². The zero-order valence-electron chi connectivity index (χ0n) is 14.7. The summed E-state index contributed by atoms with van der Waals surface area (Å²) in [7, 11) is 1.68. The van der Waals surface area contributed by atoms with Crippen LogP contribution in [0.25, 0.3) is 21.5 Å². The second-order valence-corrected chi connectivity index (χ2v) is 7.60. The first kappa shape index (κ1) is 16.1. The number of fused-ring (bicyclic) bond motifs is 4. The number of carbonyl (C=O) groups excluding carboxylic acids is 1. The minimum absolute atomic E-state index is 0.136. The normalized spacial score (nSPS) is 12.5. The summed E-state index contributed by atoms with van der Waals surface area (Å²) in [4.78, 5) is 22.2. The van der Waals surface area contributed by atoms with E-state index in [1.807, 2.05) is 36.4 Å². The Balaban J connectivity index is 1.45. The van der Waals surface area contributed by atoms with Gasteiger partial charge in [0.2, 0.25) is 5.95 Å². The summed E-state index contributed by atoms with van der Waals surface area (Å²) in [6.07, 6.45) is 1.89. The van der Waals surface area contributed by atoms with Crippen molar-refractivity contribution >= 4 is 34.2 Å². The monoisotopic (exact) mass is 375 g/mol. The quantitative estimate of drug-likeness (QED) is 0.548. The molecule has 1 amide bonds. The largest absolute Gasteiger partial charge is 0.497 e. The Labute approximate surface area is 160 Å². The first-order chi connectivity index (χ1) is 13.2. The van der Waals surface area contributed by atoms with Crippen LogP contribution < -0.4 is 10.1 Å². The highest BCUT2D eigenvalue weighted by Crippen LogP contribution is 2.40. The standard InChI is InChI=1S/C21H17N3O2S/c1-26-14-8-9-15-12(10-14)6-7-13-11-18(27-19(13)15)20(25)24-21-22-16-4-2-3-5-17(16)23-21/h2-5,8-11H,6-7H2,1H3,(H2,22,23,24,25). The molecule has 2 aromatic heterocycles. The van der Waals surface area contributed by atoms with Crippen LogP contribution in [0.2, 0.25) is 0 Å². The summed E-state index contributed by atoms with van der Waals surface area (Å²) >= 11 is 1.53. The molecule has 0 spiro atoms. The number of hydrogen-bond acceptors (Lipinski definition) is 4. The van der Waals surface area contributed by atoms with Gasteiger partial charge in [0.1, 0.15) is 5.75 Å². The van der Waals surface area contributed by atoms with Crippen LogP contribution in [0.1, 0.15) is 20.8 Å². The van der Waals surface area contributed by atoms with E-state index < -0.39 is 0 Å². The van der Waals surface area contributed by atoms with Crippen molar-refractivity contribution in [2.45, 2.75) is 12.8 Å². The molecule has 2 aromatic carbocycles. The Bertz CT molecular complexity index is 1140. The van der Waals surface area contributed by atoms with Crippen LogP contribution in [0.3, 0.4) is 0 Å². The van der Waals surface area contributed by atoms with Gasteiger partial charge in [0.25, 0.3) is 5.91 Å². The molecule has 2 heterocycles. The van der Waals surface area contributed by atoms with Crippen LogP contribution in [-0.2, 0) is 12.8 Å². The molecule has 0 saturated heterocycles. The Morgan fingerprint density at radius 2 is 2.00 bits per heavy atom. The van der Waals surface area contributed by atoms with Crippen LogP contribution in [0.5, 0.6) is 5.75 Å². The Morgan fingerprint density at radius 3 is 2.85 bits per heavy atom. The highest BCUT2D eigenvalue weighted by atomic mass is 32.1. The van der Waals surface area contributed by atoms with Crippen molar-refractivity contribution in [1.29, 1.82) is 0 Å².